The number of sulfonamides is 1. The van der Waals surface area contributed by atoms with Gasteiger partial charge in [0.2, 0.25) is 15.9 Å². The lowest BCUT2D eigenvalue weighted by molar-refractivity contribution is -0.121. The molecule has 0 aromatic heterocycles. The van der Waals surface area contributed by atoms with Gasteiger partial charge in [0.15, 0.2) is 4.90 Å². The summed E-state index contributed by atoms with van der Waals surface area (Å²) in [6.07, 6.45) is 1.72. The maximum atomic E-state index is 13.8. The third kappa shape index (κ3) is 5.69. The maximum absolute atomic E-state index is 13.8. The second-order valence-electron chi connectivity index (χ2n) is 6.39. The Balaban J connectivity index is 1.87. The second-order valence-corrected chi connectivity index (χ2v) is 8.26. The molecule has 156 valence electrons. The highest BCUT2D eigenvalue weighted by molar-refractivity contribution is 7.89. The third-order valence-corrected chi connectivity index (χ3v) is 6.24. The van der Waals surface area contributed by atoms with Crippen molar-refractivity contribution in [2.75, 3.05) is 39.3 Å². The van der Waals surface area contributed by atoms with Crippen LogP contribution >= 0.6 is 0 Å². The number of carbonyl (C=O) groups is 2. The van der Waals surface area contributed by atoms with Crippen LogP contribution in [0.3, 0.4) is 0 Å². The molecule has 2 N–H and O–H groups in total. The fourth-order valence-corrected chi connectivity index (χ4v) is 4.31. The number of piperazine rings is 1. The van der Waals surface area contributed by atoms with Gasteiger partial charge in [0.05, 0.1) is 6.54 Å². The normalized spacial score (nSPS) is 16.0. The van der Waals surface area contributed by atoms with Crippen LogP contribution in [0.15, 0.2) is 23.1 Å². The molecule has 28 heavy (non-hydrogen) atoms. The largest absolute Gasteiger partial charge is 0.338 e. The fourth-order valence-electron chi connectivity index (χ4n) is 2.78. The van der Waals surface area contributed by atoms with Crippen LogP contribution in [0.2, 0.25) is 0 Å². The SMILES string of the molecule is CCCCNC(=O)NC(=O)CN1CCN(S(=O)(=O)c2c(F)cccc2F)CC1. The predicted molar refractivity (Wildman–Crippen MR) is 98.0 cm³/mol. The Morgan fingerprint density at radius 2 is 1.71 bits per heavy atom. The van der Waals surface area contributed by atoms with Gasteiger partial charge in [0.1, 0.15) is 11.6 Å². The van der Waals surface area contributed by atoms with Crippen molar-refractivity contribution in [2.24, 2.45) is 0 Å². The molecule has 1 aliphatic heterocycles. The lowest BCUT2D eigenvalue weighted by atomic mass is 10.3. The van der Waals surface area contributed by atoms with Crippen LogP contribution in [0, 0.1) is 11.6 Å². The van der Waals surface area contributed by atoms with E-state index in [-0.39, 0.29) is 32.7 Å². The second kappa shape index (κ2) is 9.89. The highest BCUT2D eigenvalue weighted by atomic mass is 32.2. The van der Waals surface area contributed by atoms with Gasteiger partial charge in [-0.05, 0) is 18.6 Å². The molecule has 0 saturated carbocycles. The number of nitrogens with one attached hydrogen (secondary N) is 2. The molecule has 2 rings (SSSR count). The molecular formula is C17H24F2N4O4S. The molecule has 1 aromatic carbocycles. The molecule has 0 atom stereocenters. The monoisotopic (exact) mass is 418 g/mol. The average Bonchev–Trinajstić information content (AvgIpc) is 2.62. The van der Waals surface area contributed by atoms with E-state index in [1.54, 1.807) is 4.90 Å². The van der Waals surface area contributed by atoms with Crippen LogP contribution in [0.25, 0.3) is 0 Å². The van der Waals surface area contributed by atoms with E-state index in [0.29, 0.717) is 6.54 Å². The third-order valence-electron chi connectivity index (χ3n) is 4.28. The Morgan fingerprint density at radius 3 is 2.29 bits per heavy atom. The molecule has 1 fully saturated rings. The lowest BCUT2D eigenvalue weighted by Crippen LogP contribution is -2.52. The molecule has 1 aliphatic rings. The van der Waals surface area contributed by atoms with Gasteiger partial charge >= 0.3 is 6.03 Å². The summed E-state index contributed by atoms with van der Waals surface area (Å²) in [4.78, 5) is 24.2. The van der Waals surface area contributed by atoms with Gasteiger partial charge in [-0.15, -0.1) is 0 Å². The van der Waals surface area contributed by atoms with Crippen molar-refractivity contribution >= 4 is 22.0 Å². The highest BCUT2D eigenvalue weighted by Crippen LogP contribution is 2.23. The summed E-state index contributed by atoms with van der Waals surface area (Å²) in [5, 5.41) is 4.77. The van der Waals surface area contributed by atoms with Gasteiger partial charge in [0, 0.05) is 32.7 Å². The van der Waals surface area contributed by atoms with E-state index in [9.17, 15) is 26.8 Å². The van der Waals surface area contributed by atoms with E-state index in [0.717, 1.165) is 35.3 Å². The van der Waals surface area contributed by atoms with E-state index in [2.05, 4.69) is 10.6 Å². The van der Waals surface area contributed by atoms with Gasteiger partial charge in [-0.3, -0.25) is 15.0 Å². The number of carbonyl (C=O) groups excluding carboxylic acids is 2. The number of nitrogens with zero attached hydrogens (tertiary/aromatic N) is 2. The summed E-state index contributed by atoms with van der Waals surface area (Å²) in [7, 11) is -4.32. The van der Waals surface area contributed by atoms with Crippen molar-refractivity contribution in [3.8, 4) is 0 Å². The van der Waals surface area contributed by atoms with Crippen molar-refractivity contribution in [3.63, 3.8) is 0 Å². The molecule has 0 unspecified atom stereocenters. The van der Waals surface area contributed by atoms with E-state index < -0.39 is 38.5 Å². The van der Waals surface area contributed by atoms with E-state index in [1.165, 1.54) is 0 Å². The van der Waals surface area contributed by atoms with Gasteiger partial charge in [0.25, 0.3) is 0 Å². The van der Waals surface area contributed by atoms with E-state index in [1.807, 2.05) is 6.92 Å². The molecule has 0 aliphatic carbocycles. The maximum Gasteiger partial charge on any atom is 0.321 e. The minimum atomic E-state index is -4.32. The zero-order valence-electron chi connectivity index (χ0n) is 15.6. The first kappa shape index (κ1) is 22.2. The Morgan fingerprint density at radius 1 is 1.11 bits per heavy atom. The fraction of sp³-hybridized carbons (Fsp3) is 0.529. The topological polar surface area (TPSA) is 98.8 Å². The first-order valence-electron chi connectivity index (χ1n) is 9.00. The summed E-state index contributed by atoms with van der Waals surface area (Å²) in [5.41, 5.74) is 0. The minimum Gasteiger partial charge on any atom is -0.338 e. The predicted octanol–water partition coefficient (Wildman–Crippen LogP) is 0.897. The number of hydrogen-bond acceptors (Lipinski definition) is 5. The summed E-state index contributed by atoms with van der Waals surface area (Å²) in [6.45, 7) is 2.71. The number of rotatable bonds is 7. The van der Waals surface area contributed by atoms with Gasteiger partial charge < -0.3 is 5.32 Å². The summed E-state index contributed by atoms with van der Waals surface area (Å²) >= 11 is 0. The van der Waals surface area contributed by atoms with Gasteiger partial charge in [-0.25, -0.2) is 22.0 Å². The first-order valence-corrected chi connectivity index (χ1v) is 10.4. The van der Waals surface area contributed by atoms with E-state index >= 15 is 0 Å². The van der Waals surface area contributed by atoms with Crippen molar-refractivity contribution in [1.82, 2.24) is 19.8 Å². The van der Waals surface area contributed by atoms with Crippen LogP contribution in [0.4, 0.5) is 13.6 Å². The van der Waals surface area contributed by atoms with E-state index in [4.69, 9.17) is 0 Å². The quantitative estimate of drug-likeness (QED) is 0.641. The summed E-state index contributed by atoms with van der Waals surface area (Å²) < 4.78 is 53.7. The number of unbranched alkanes of at least 4 members (excludes halogenated alkanes) is 1. The van der Waals surface area contributed by atoms with Gasteiger partial charge in [-0.2, -0.15) is 4.31 Å². The molecule has 11 heteroatoms. The molecule has 1 saturated heterocycles. The number of urea groups is 1. The Kier molecular flexibility index (Phi) is 7.84. The van der Waals surface area contributed by atoms with Crippen LogP contribution in [-0.2, 0) is 14.8 Å². The Labute approximate surface area is 162 Å². The number of hydrogen-bond donors (Lipinski definition) is 2. The standard InChI is InChI=1S/C17H24F2N4O4S/c1-2-3-7-20-17(25)21-15(24)12-22-8-10-23(11-9-22)28(26,27)16-13(18)5-4-6-14(16)19/h4-6H,2-3,7-12H2,1H3,(H2,20,21,24,25). The molecule has 0 radical (unpaired) electrons. The molecule has 0 bridgehead atoms. The van der Waals surface area contributed by atoms with Crippen LogP contribution in [0.1, 0.15) is 19.8 Å². The summed E-state index contributed by atoms with van der Waals surface area (Å²) in [6, 6.07) is 2.30. The smallest absolute Gasteiger partial charge is 0.321 e. The van der Waals surface area contributed by atoms with Crippen LogP contribution < -0.4 is 10.6 Å². The Bertz CT molecular complexity index is 791. The van der Waals surface area contributed by atoms with Crippen molar-refractivity contribution < 1.29 is 26.8 Å². The van der Waals surface area contributed by atoms with Crippen molar-refractivity contribution in [2.45, 2.75) is 24.7 Å². The van der Waals surface area contributed by atoms with Crippen LogP contribution in [0.5, 0.6) is 0 Å². The number of imide groups is 1. The molecule has 1 heterocycles. The minimum absolute atomic E-state index is 0.0217. The van der Waals surface area contributed by atoms with Crippen LogP contribution in [-0.4, -0.2) is 68.8 Å². The van der Waals surface area contributed by atoms with Crippen molar-refractivity contribution in [1.29, 1.82) is 0 Å². The first-order chi connectivity index (χ1) is 13.3. The lowest BCUT2D eigenvalue weighted by Gasteiger charge is -2.33. The number of halogens is 2. The van der Waals surface area contributed by atoms with Crippen molar-refractivity contribution in [3.05, 3.63) is 29.8 Å². The molecular weight excluding hydrogens is 394 g/mol. The highest BCUT2D eigenvalue weighted by Gasteiger charge is 2.33. The number of amides is 3. The molecule has 1 aromatic rings. The zero-order chi connectivity index (χ0) is 20.7. The summed E-state index contributed by atoms with van der Waals surface area (Å²) in [5.74, 6) is -2.79. The zero-order valence-corrected chi connectivity index (χ0v) is 16.4. The average molecular weight is 418 g/mol. The number of benzene rings is 1. The Hall–Kier alpha value is -2.11. The molecule has 3 amide bonds. The molecule has 0 spiro atoms. The van der Waals surface area contributed by atoms with Gasteiger partial charge in [-0.1, -0.05) is 19.4 Å². The molecule has 8 nitrogen and oxygen atoms in total.